The van der Waals surface area contributed by atoms with E-state index in [0.29, 0.717) is 32.7 Å². The van der Waals surface area contributed by atoms with E-state index in [4.69, 9.17) is 34.8 Å². The zero-order valence-corrected chi connectivity index (χ0v) is 19.2. The first-order chi connectivity index (χ1) is 14.9. The molecular formula is C23H24Cl3N3O2. The van der Waals surface area contributed by atoms with Crippen LogP contribution < -0.4 is 10.6 Å². The molecule has 0 saturated carbocycles. The normalized spacial score (nSPS) is 22.9. The van der Waals surface area contributed by atoms with Gasteiger partial charge < -0.3 is 10.6 Å². The summed E-state index contributed by atoms with van der Waals surface area (Å²) in [5, 5.41) is 7.39. The molecule has 31 heavy (non-hydrogen) atoms. The van der Waals surface area contributed by atoms with Crippen LogP contribution in [0, 0.1) is 0 Å². The molecule has 5 nitrogen and oxygen atoms in total. The van der Waals surface area contributed by atoms with Crippen molar-refractivity contribution in [1.29, 1.82) is 0 Å². The highest BCUT2D eigenvalue weighted by atomic mass is 35.5. The van der Waals surface area contributed by atoms with Crippen LogP contribution in [-0.2, 0) is 11.3 Å². The lowest BCUT2D eigenvalue weighted by Gasteiger charge is -2.39. The van der Waals surface area contributed by atoms with E-state index in [9.17, 15) is 9.59 Å². The quantitative estimate of drug-likeness (QED) is 0.631. The number of nitrogens with zero attached hydrogens (tertiary/aromatic N) is 1. The van der Waals surface area contributed by atoms with Crippen molar-refractivity contribution in [1.82, 2.24) is 15.5 Å². The molecule has 0 aliphatic carbocycles. The predicted molar refractivity (Wildman–Crippen MR) is 124 cm³/mol. The summed E-state index contributed by atoms with van der Waals surface area (Å²) in [4.78, 5) is 27.1. The van der Waals surface area contributed by atoms with Gasteiger partial charge in [-0.05, 0) is 61.6 Å². The number of piperidine rings is 1. The summed E-state index contributed by atoms with van der Waals surface area (Å²) >= 11 is 18.1. The Morgan fingerprint density at radius 2 is 1.71 bits per heavy atom. The van der Waals surface area contributed by atoms with Gasteiger partial charge in [0, 0.05) is 35.3 Å². The fourth-order valence-corrected chi connectivity index (χ4v) is 5.18. The number of benzene rings is 2. The van der Waals surface area contributed by atoms with E-state index < -0.39 is 0 Å². The maximum atomic E-state index is 12.4. The molecule has 2 aromatic carbocycles. The van der Waals surface area contributed by atoms with Gasteiger partial charge in [-0.15, -0.1) is 0 Å². The van der Waals surface area contributed by atoms with Crippen molar-refractivity contribution < 1.29 is 9.59 Å². The third-order valence-electron chi connectivity index (χ3n) is 6.09. The second-order valence-corrected chi connectivity index (χ2v) is 9.49. The van der Waals surface area contributed by atoms with Gasteiger partial charge in [0.25, 0.3) is 5.91 Å². The zero-order chi connectivity index (χ0) is 22.0. The first kappa shape index (κ1) is 22.4. The number of carbonyl (C=O) groups excluding carboxylic acids is 2. The first-order valence-corrected chi connectivity index (χ1v) is 11.5. The average molecular weight is 481 g/mol. The van der Waals surface area contributed by atoms with Crippen molar-refractivity contribution in [3.63, 3.8) is 0 Å². The Kier molecular flexibility index (Phi) is 7.07. The molecule has 8 heteroatoms. The number of hydrogen-bond acceptors (Lipinski definition) is 3. The van der Waals surface area contributed by atoms with Gasteiger partial charge in [0.2, 0.25) is 5.91 Å². The molecule has 0 aromatic heterocycles. The second kappa shape index (κ2) is 9.78. The molecule has 0 radical (unpaired) electrons. The van der Waals surface area contributed by atoms with Gasteiger partial charge in [0.1, 0.15) is 0 Å². The van der Waals surface area contributed by atoms with Crippen LogP contribution in [0.25, 0.3) is 0 Å². The highest BCUT2D eigenvalue weighted by molar-refractivity contribution is 6.42. The summed E-state index contributed by atoms with van der Waals surface area (Å²) in [5.74, 6) is -0.480. The average Bonchev–Trinajstić information content (AvgIpc) is 2.96. The van der Waals surface area contributed by atoms with Crippen LogP contribution in [0.5, 0.6) is 0 Å². The van der Waals surface area contributed by atoms with Crippen molar-refractivity contribution in [2.24, 2.45) is 0 Å². The van der Waals surface area contributed by atoms with Gasteiger partial charge >= 0.3 is 0 Å². The predicted octanol–water partition coefficient (Wildman–Crippen LogP) is 4.69. The van der Waals surface area contributed by atoms with E-state index >= 15 is 0 Å². The molecule has 2 saturated heterocycles. The molecule has 2 bridgehead atoms. The molecule has 2 aliphatic rings. The van der Waals surface area contributed by atoms with Crippen LogP contribution in [0.1, 0.15) is 41.6 Å². The number of rotatable bonds is 6. The second-order valence-electron chi connectivity index (χ2n) is 8.23. The smallest absolute Gasteiger partial charge is 0.251 e. The Morgan fingerprint density at radius 3 is 2.39 bits per heavy atom. The Hall–Kier alpha value is -1.79. The highest BCUT2D eigenvalue weighted by Crippen LogP contribution is 2.37. The van der Waals surface area contributed by atoms with E-state index in [1.165, 1.54) is 0 Å². The van der Waals surface area contributed by atoms with Crippen LogP contribution in [-0.4, -0.2) is 41.4 Å². The summed E-state index contributed by atoms with van der Waals surface area (Å²) in [6.07, 6.45) is 4.07. The summed E-state index contributed by atoms with van der Waals surface area (Å²) in [7, 11) is 0. The maximum Gasteiger partial charge on any atom is 0.251 e. The molecule has 2 heterocycles. The molecular weight excluding hydrogens is 457 g/mol. The molecule has 164 valence electrons. The lowest BCUT2D eigenvalue weighted by Crippen LogP contribution is -2.51. The minimum atomic E-state index is -0.311. The maximum absolute atomic E-state index is 12.4. The number of halogens is 3. The molecule has 2 atom stereocenters. The van der Waals surface area contributed by atoms with E-state index in [-0.39, 0.29) is 24.4 Å². The fourth-order valence-electron chi connectivity index (χ4n) is 4.67. The Morgan fingerprint density at radius 1 is 0.968 bits per heavy atom. The summed E-state index contributed by atoms with van der Waals surface area (Å²) in [6, 6.07) is 13.4. The first-order valence-electron chi connectivity index (χ1n) is 10.4. The number of nitrogens with one attached hydrogen (secondary N) is 2. The van der Waals surface area contributed by atoms with Crippen LogP contribution >= 0.6 is 34.8 Å². The monoisotopic (exact) mass is 479 g/mol. The highest BCUT2D eigenvalue weighted by Gasteiger charge is 2.40. The third kappa shape index (κ3) is 5.53. The van der Waals surface area contributed by atoms with E-state index in [2.05, 4.69) is 15.5 Å². The molecule has 2 fully saturated rings. The van der Waals surface area contributed by atoms with Gasteiger partial charge in [-0.3, -0.25) is 14.5 Å². The Bertz CT molecular complexity index is 970. The lowest BCUT2D eigenvalue weighted by molar-refractivity contribution is -0.121. The largest absolute Gasteiger partial charge is 0.352 e. The molecule has 2 aliphatic heterocycles. The van der Waals surface area contributed by atoms with Gasteiger partial charge in [0.05, 0.1) is 16.6 Å². The Labute approximate surface area is 197 Å². The third-order valence-corrected chi connectivity index (χ3v) is 7.07. The Balaban J connectivity index is 1.27. The van der Waals surface area contributed by atoms with Crippen molar-refractivity contribution in [3.05, 3.63) is 68.7 Å². The molecule has 2 amide bonds. The van der Waals surface area contributed by atoms with Gasteiger partial charge in [-0.1, -0.05) is 46.9 Å². The van der Waals surface area contributed by atoms with Gasteiger partial charge in [-0.2, -0.15) is 0 Å². The van der Waals surface area contributed by atoms with E-state index in [1.54, 1.807) is 24.3 Å². The fraction of sp³-hybridized carbons (Fsp3) is 0.391. The van der Waals surface area contributed by atoms with E-state index in [1.807, 2.05) is 18.2 Å². The van der Waals surface area contributed by atoms with Crippen molar-refractivity contribution >= 4 is 46.6 Å². The van der Waals surface area contributed by atoms with Crippen molar-refractivity contribution in [2.75, 3.05) is 6.54 Å². The summed E-state index contributed by atoms with van der Waals surface area (Å²) in [5.41, 5.74) is 1.59. The van der Waals surface area contributed by atoms with Crippen LogP contribution in [0.4, 0.5) is 0 Å². The molecule has 0 spiro atoms. The van der Waals surface area contributed by atoms with Gasteiger partial charge in [0.15, 0.2) is 0 Å². The van der Waals surface area contributed by atoms with E-state index in [0.717, 1.165) is 37.8 Å². The van der Waals surface area contributed by atoms with Crippen LogP contribution in [0.2, 0.25) is 15.1 Å². The number of carbonyl (C=O) groups is 2. The van der Waals surface area contributed by atoms with Crippen molar-refractivity contribution in [3.8, 4) is 0 Å². The molecule has 2 N–H and O–H groups in total. The van der Waals surface area contributed by atoms with Gasteiger partial charge in [-0.25, -0.2) is 0 Å². The topological polar surface area (TPSA) is 61.4 Å². The lowest BCUT2D eigenvalue weighted by atomic mass is 9.96. The molecule has 4 rings (SSSR count). The minimum absolute atomic E-state index is 0.0514. The number of hydrogen-bond donors (Lipinski definition) is 2. The van der Waals surface area contributed by atoms with Crippen molar-refractivity contribution in [2.45, 2.75) is 50.4 Å². The number of amides is 2. The zero-order valence-electron chi connectivity index (χ0n) is 16.9. The number of fused-ring (bicyclic) bond motifs is 2. The van der Waals surface area contributed by atoms with Crippen LogP contribution in [0.15, 0.2) is 42.5 Å². The summed E-state index contributed by atoms with van der Waals surface area (Å²) in [6.45, 7) is 0.784. The van der Waals surface area contributed by atoms with Crippen LogP contribution in [0.3, 0.4) is 0 Å². The minimum Gasteiger partial charge on any atom is -0.352 e. The molecule has 0 unspecified atom stereocenters. The SMILES string of the molecule is O=C(CNC(=O)c1cccc(Cl)c1)NC1C[C@H]2CC[C@H](C1)N2Cc1ccc(Cl)c(Cl)c1. The molecule has 2 aromatic rings. The summed E-state index contributed by atoms with van der Waals surface area (Å²) < 4.78 is 0. The standard InChI is InChI=1S/C23H24Cl3N3O2/c24-16-3-1-2-15(9-16)23(31)27-12-22(30)28-17-10-18-5-6-19(11-17)29(18)13-14-4-7-20(25)21(26)8-14/h1-4,7-9,17-19H,5-6,10-13H2,(H,27,31)(H,28,30)/t18-,19-/m1/s1.